The minimum Gasteiger partial charge on any atom is -0.494 e. The van der Waals surface area contributed by atoms with E-state index in [1.807, 2.05) is 26.0 Å². The number of methoxy groups -OCH3 is 1. The first-order chi connectivity index (χ1) is 8.61. The molecule has 0 saturated carbocycles. The summed E-state index contributed by atoms with van der Waals surface area (Å²) in [6, 6.07) is 3.94. The molecule has 1 atom stereocenters. The molecular formula is C14H19NO3. The Morgan fingerprint density at radius 2 is 2.22 bits per heavy atom. The molecule has 0 radical (unpaired) electrons. The van der Waals surface area contributed by atoms with E-state index in [1.54, 1.807) is 7.11 Å². The predicted octanol–water partition coefficient (Wildman–Crippen LogP) is 2.43. The number of hydrogen-bond acceptors (Lipinski definition) is 3. The van der Waals surface area contributed by atoms with Gasteiger partial charge in [0.25, 0.3) is 5.91 Å². The van der Waals surface area contributed by atoms with Crippen molar-refractivity contribution < 1.29 is 14.3 Å². The summed E-state index contributed by atoms with van der Waals surface area (Å²) in [5, 5.41) is 2.90. The third kappa shape index (κ3) is 2.64. The van der Waals surface area contributed by atoms with Crippen LogP contribution in [0.1, 0.15) is 24.0 Å². The van der Waals surface area contributed by atoms with Crippen LogP contribution in [-0.2, 0) is 9.53 Å². The number of carbonyl (C=O) groups is 1. The Hall–Kier alpha value is -1.55. The Kier molecular flexibility index (Phi) is 3.87. The van der Waals surface area contributed by atoms with Gasteiger partial charge in [-0.25, -0.2) is 0 Å². The number of aryl methyl sites for hydroxylation is 2. The molecule has 1 unspecified atom stereocenters. The maximum Gasteiger partial charge on any atom is 0.253 e. The van der Waals surface area contributed by atoms with Crippen LogP contribution >= 0.6 is 0 Å². The molecule has 1 amide bonds. The monoisotopic (exact) mass is 249 g/mol. The molecule has 4 heteroatoms. The molecule has 1 heterocycles. The molecule has 0 aliphatic carbocycles. The second kappa shape index (κ2) is 5.40. The van der Waals surface area contributed by atoms with E-state index in [4.69, 9.17) is 9.47 Å². The number of benzene rings is 1. The third-order valence-electron chi connectivity index (χ3n) is 3.10. The highest BCUT2D eigenvalue weighted by Gasteiger charge is 2.24. The summed E-state index contributed by atoms with van der Waals surface area (Å²) in [6.45, 7) is 4.63. The molecule has 1 aromatic rings. The van der Waals surface area contributed by atoms with Crippen LogP contribution in [0, 0.1) is 13.8 Å². The molecule has 18 heavy (non-hydrogen) atoms. The average Bonchev–Trinajstić information content (AvgIpc) is 2.81. The van der Waals surface area contributed by atoms with Crippen molar-refractivity contribution in [2.24, 2.45) is 0 Å². The molecule has 2 rings (SSSR count). The van der Waals surface area contributed by atoms with Gasteiger partial charge in [-0.15, -0.1) is 0 Å². The highest BCUT2D eigenvalue weighted by atomic mass is 16.5. The Morgan fingerprint density at radius 3 is 2.83 bits per heavy atom. The van der Waals surface area contributed by atoms with Crippen LogP contribution in [-0.4, -0.2) is 25.7 Å². The Bertz CT molecular complexity index is 451. The summed E-state index contributed by atoms with van der Waals surface area (Å²) >= 11 is 0. The van der Waals surface area contributed by atoms with Crippen LogP contribution in [0.15, 0.2) is 12.1 Å². The van der Waals surface area contributed by atoms with Gasteiger partial charge in [-0.1, -0.05) is 6.07 Å². The molecule has 0 spiro atoms. The maximum absolute atomic E-state index is 12.0. The van der Waals surface area contributed by atoms with Gasteiger partial charge in [0, 0.05) is 6.61 Å². The van der Waals surface area contributed by atoms with Crippen molar-refractivity contribution >= 4 is 11.6 Å². The highest BCUT2D eigenvalue weighted by molar-refractivity contribution is 5.96. The minimum atomic E-state index is -0.324. The first-order valence-electron chi connectivity index (χ1n) is 6.19. The number of hydrogen-bond donors (Lipinski definition) is 1. The van der Waals surface area contributed by atoms with Crippen LogP contribution in [0.3, 0.4) is 0 Å². The largest absolute Gasteiger partial charge is 0.494 e. The molecule has 1 aliphatic heterocycles. The molecule has 0 bridgehead atoms. The highest BCUT2D eigenvalue weighted by Crippen LogP contribution is 2.30. The van der Waals surface area contributed by atoms with Gasteiger partial charge >= 0.3 is 0 Å². The molecule has 1 fully saturated rings. The lowest BCUT2D eigenvalue weighted by molar-refractivity contribution is -0.124. The lowest BCUT2D eigenvalue weighted by Crippen LogP contribution is -2.27. The van der Waals surface area contributed by atoms with Gasteiger partial charge in [0.15, 0.2) is 0 Å². The fourth-order valence-corrected chi connectivity index (χ4v) is 2.32. The fraction of sp³-hybridized carbons (Fsp3) is 0.500. The van der Waals surface area contributed by atoms with Gasteiger partial charge in [-0.2, -0.15) is 0 Å². The number of ether oxygens (including phenoxy) is 2. The normalized spacial score (nSPS) is 18.7. The summed E-state index contributed by atoms with van der Waals surface area (Å²) in [7, 11) is 1.61. The average molecular weight is 249 g/mol. The van der Waals surface area contributed by atoms with Crippen LogP contribution in [0.5, 0.6) is 5.75 Å². The summed E-state index contributed by atoms with van der Waals surface area (Å²) in [6.07, 6.45) is 1.41. The minimum absolute atomic E-state index is 0.0872. The first kappa shape index (κ1) is 12.9. The van der Waals surface area contributed by atoms with Crippen molar-refractivity contribution in [1.29, 1.82) is 0 Å². The van der Waals surface area contributed by atoms with Crippen molar-refractivity contribution in [3.63, 3.8) is 0 Å². The lowest BCUT2D eigenvalue weighted by Gasteiger charge is -2.15. The zero-order chi connectivity index (χ0) is 13.1. The van der Waals surface area contributed by atoms with E-state index in [0.717, 1.165) is 29.7 Å². The summed E-state index contributed by atoms with van der Waals surface area (Å²) in [5.41, 5.74) is 2.83. The summed E-state index contributed by atoms with van der Waals surface area (Å²) in [5.74, 6) is 0.628. The van der Waals surface area contributed by atoms with Gasteiger partial charge in [-0.3, -0.25) is 4.79 Å². The topological polar surface area (TPSA) is 47.6 Å². The van der Waals surface area contributed by atoms with Crippen LogP contribution in [0.2, 0.25) is 0 Å². The number of carbonyl (C=O) groups excluding carboxylic acids is 1. The second-order valence-electron chi connectivity index (χ2n) is 4.65. The van der Waals surface area contributed by atoms with Crippen molar-refractivity contribution in [1.82, 2.24) is 0 Å². The van der Waals surface area contributed by atoms with Crippen molar-refractivity contribution in [3.05, 3.63) is 23.3 Å². The Labute approximate surface area is 107 Å². The standard InChI is InChI=1S/C14H19NO3/c1-9-7-10(2)13(17-3)11(8-9)15-14(16)12-5-4-6-18-12/h7-8,12H,4-6H2,1-3H3,(H,15,16). The van der Waals surface area contributed by atoms with Crippen LogP contribution < -0.4 is 10.1 Å². The molecule has 1 N–H and O–H groups in total. The molecule has 4 nitrogen and oxygen atoms in total. The smallest absolute Gasteiger partial charge is 0.253 e. The number of rotatable bonds is 3. The molecule has 1 aliphatic rings. The van der Waals surface area contributed by atoms with Gasteiger partial charge in [0.1, 0.15) is 11.9 Å². The van der Waals surface area contributed by atoms with Crippen molar-refractivity contribution in [2.75, 3.05) is 19.0 Å². The number of amides is 1. The van der Waals surface area contributed by atoms with Crippen molar-refractivity contribution in [3.8, 4) is 5.75 Å². The van der Waals surface area contributed by atoms with E-state index in [-0.39, 0.29) is 12.0 Å². The van der Waals surface area contributed by atoms with Gasteiger partial charge < -0.3 is 14.8 Å². The van der Waals surface area contributed by atoms with Crippen LogP contribution in [0.25, 0.3) is 0 Å². The predicted molar refractivity (Wildman–Crippen MR) is 70.1 cm³/mol. The van der Waals surface area contributed by atoms with E-state index < -0.39 is 0 Å². The SMILES string of the molecule is COc1c(C)cc(C)cc1NC(=O)C1CCCO1. The van der Waals surface area contributed by atoms with E-state index in [1.165, 1.54) is 0 Å². The van der Waals surface area contributed by atoms with E-state index in [0.29, 0.717) is 12.4 Å². The molecule has 0 aromatic heterocycles. The molecule has 1 saturated heterocycles. The third-order valence-corrected chi connectivity index (χ3v) is 3.10. The number of nitrogens with one attached hydrogen (secondary N) is 1. The number of anilines is 1. The zero-order valence-corrected chi connectivity index (χ0v) is 11.1. The maximum atomic E-state index is 12.0. The summed E-state index contributed by atoms with van der Waals surface area (Å²) in [4.78, 5) is 12.0. The first-order valence-corrected chi connectivity index (χ1v) is 6.19. The fourth-order valence-electron chi connectivity index (χ4n) is 2.32. The zero-order valence-electron chi connectivity index (χ0n) is 11.1. The van der Waals surface area contributed by atoms with Gasteiger partial charge in [0.2, 0.25) is 0 Å². The van der Waals surface area contributed by atoms with Gasteiger partial charge in [-0.05, 0) is 43.9 Å². The second-order valence-corrected chi connectivity index (χ2v) is 4.65. The molecular weight excluding hydrogens is 230 g/mol. The van der Waals surface area contributed by atoms with E-state index >= 15 is 0 Å². The Morgan fingerprint density at radius 1 is 1.44 bits per heavy atom. The summed E-state index contributed by atoms with van der Waals surface area (Å²) < 4.78 is 10.7. The van der Waals surface area contributed by atoms with Gasteiger partial charge in [0.05, 0.1) is 12.8 Å². The van der Waals surface area contributed by atoms with Crippen LogP contribution in [0.4, 0.5) is 5.69 Å². The molecule has 1 aromatic carbocycles. The van der Waals surface area contributed by atoms with Crippen molar-refractivity contribution in [2.45, 2.75) is 32.8 Å². The lowest BCUT2D eigenvalue weighted by atomic mass is 10.1. The quantitative estimate of drug-likeness (QED) is 0.895. The van der Waals surface area contributed by atoms with E-state index in [9.17, 15) is 4.79 Å². The molecule has 98 valence electrons. The van der Waals surface area contributed by atoms with E-state index in [2.05, 4.69) is 5.32 Å². The Balaban J connectivity index is 2.19.